The van der Waals surface area contributed by atoms with Gasteiger partial charge in [0, 0.05) is 20.2 Å². The summed E-state index contributed by atoms with van der Waals surface area (Å²) in [7, 11) is 1.71. The van der Waals surface area contributed by atoms with E-state index in [1.54, 1.807) is 13.2 Å². The van der Waals surface area contributed by atoms with Crippen molar-refractivity contribution in [2.75, 3.05) is 11.9 Å². The molecule has 0 bridgehead atoms. The van der Waals surface area contributed by atoms with Gasteiger partial charge in [-0.25, -0.2) is 4.98 Å². The Balaban J connectivity index is 2.82. The SMILES string of the molecule is C=CCc1ccc(N(C)C(C)=O)nc1. The third kappa shape index (κ3) is 2.42. The summed E-state index contributed by atoms with van der Waals surface area (Å²) in [5.41, 5.74) is 1.10. The molecule has 0 saturated carbocycles. The summed E-state index contributed by atoms with van der Waals surface area (Å²) >= 11 is 0. The molecule has 3 heteroatoms. The fraction of sp³-hybridized carbons (Fsp3) is 0.273. The fourth-order valence-electron chi connectivity index (χ4n) is 1.06. The van der Waals surface area contributed by atoms with Crippen molar-refractivity contribution < 1.29 is 4.79 Å². The van der Waals surface area contributed by atoms with Gasteiger partial charge in [-0.1, -0.05) is 12.1 Å². The van der Waals surface area contributed by atoms with Gasteiger partial charge in [0.25, 0.3) is 0 Å². The minimum Gasteiger partial charge on any atom is -0.300 e. The lowest BCUT2D eigenvalue weighted by Gasteiger charge is -2.13. The van der Waals surface area contributed by atoms with Crippen molar-refractivity contribution in [2.45, 2.75) is 13.3 Å². The molecular formula is C11H14N2O. The van der Waals surface area contributed by atoms with E-state index >= 15 is 0 Å². The molecule has 1 aromatic rings. The molecule has 0 spiro atoms. The molecular weight excluding hydrogens is 176 g/mol. The van der Waals surface area contributed by atoms with Gasteiger partial charge in [-0.05, 0) is 18.1 Å². The number of carbonyl (C=O) groups is 1. The van der Waals surface area contributed by atoms with Crippen LogP contribution in [-0.4, -0.2) is 17.9 Å². The Morgan fingerprint density at radius 1 is 1.64 bits per heavy atom. The molecule has 0 saturated heterocycles. The third-order valence-electron chi connectivity index (χ3n) is 2.01. The summed E-state index contributed by atoms with van der Waals surface area (Å²) in [6.07, 6.45) is 4.39. The molecule has 1 rings (SSSR count). The van der Waals surface area contributed by atoms with Crippen molar-refractivity contribution in [3.05, 3.63) is 36.5 Å². The molecule has 0 aliphatic heterocycles. The first-order valence-electron chi connectivity index (χ1n) is 4.45. The molecule has 0 fully saturated rings. The Morgan fingerprint density at radius 2 is 2.36 bits per heavy atom. The summed E-state index contributed by atoms with van der Waals surface area (Å²) in [6.45, 7) is 5.16. The standard InChI is InChI=1S/C11H14N2O/c1-4-5-10-6-7-11(12-8-10)13(3)9(2)14/h4,6-8H,1,5H2,2-3H3. The van der Waals surface area contributed by atoms with E-state index in [1.165, 1.54) is 11.8 Å². The van der Waals surface area contributed by atoms with E-state index in [9.17, 15) is 4.79 Å². The highest BCUT2D eigenvalue weighted by Crippen LogP contribution is 2.10. The number of hydrogen-bond donors (Lipinski definition) is 0. The number of carbonyl (C=O) groups excluding carboxylic acids is 1. The maximum absolute atomic E-state index is 11.0. The van der Waals surface area contributed by atoms with Crippen LogP contribution in [0.1, 0.15) is 12.5 Å². The zero-order chi connectivity index (χ0) is 10.6. The number of rotatable bonds is 3. The van der Waals surface area contributed by atoms with Crippen LogP contribution in [0.3, 0.4) is 0 Å². The molecule has 1 amide bonds. The van der Waals surface area contributed by atoms with Gasteiger partial charge in [-0.2, -0.15) is 0 Å². The van der Waals surface area contributed by atoms with E-state index in [1.807, 2.05) is 18.2 Å². The molecule has 1 aromatic heterocycles. The van der Waals surface area contributed by atoms with Crippen LogP contribution in [0.25, 0.3) is 0 Å². The summed E-state index contributed by atoms with van der Waals surface area (Å²) in [6, 6.07) is 3.78. The van der Waals surface area contributed by atoms with Crippen LogP contribution in [0.2, 0.25) is 0 Å². The highest BCUT2D eigenvalue weighted by Gasteiger charge is 2.05. The second-order valence-electron chi connectivity index (χ2n) is 3.10. The third-order valence-corrected chi connectivity index (χ3v) is 2.01. The van der Waals surface area contributed by atoms with Crippen molar-refractivity contribution in [2.24, 2.45) is 0 Å². The van der Waals surface area contributed by atoms with E-state index in [0.717, 1.165) is 12.0 Å². The van der Waals surface area contributed by atoms with E-state index in [4.69, 9.17) is 0 Å². The van der Waals surface area contributed by atoms with E-state index in [-0.39, 0.29) is 5.91 Å². The Labute approximate surface area is 84.1 Å². The second-order valence-corrected chi connectivity index (χ2v) is 3.10. The molecule has 0 aromatic carbocycles. The van der Waals surface area contributed by atoms with Crippen LogP contribution in [-0.2, 0) is 11.2 Å². The first-order chi connectivity index (χ1) is 6.65. The van der Waals surface area contributed by atoms with Crippen LogP contribution in [0, 0.1) is 0 Å². The van der Waals surface area contributed by atoms with Crippen LogP contribution in [0.4, 0.5) is 5.82 Å². The Kier molecular flexibility index (Phi) is 3.40. The molecule has 74 valence electrons. The largest absolute Gasteiger partial charge is 0.300 e. The molecule has 1 heterocycles. The van der Waals surface area contributed by atoms with Gasteiger partial charge in [0.2, 0.25) is 5.91 Å². The normalized spacial score (nSPS) is 9.57. The van der Waals surface area contributed by atoms with Crippen LogP contribution in [0.5, 0.6) is 0 Å². The minimum atomic E-state index is -0.0195. The lowest BCUT2D eigenvalue weighted by Crippen LogP contribution is -2.23. The monoisotopic (exact) mass is 190 g/mol. The quantitative estimate of drug-likeness (QED) is 0.681. The highest BCUT2D eigenvalue weighted by molar-refractivity contribution is 5.89. The van der Waals surface area contributed by atoms with Crippen LogP contribution < -0.4 is 4.90 Å². The topological polar surface area (TPSA) is 33.2 Å². The zero-order valence-corrected chi connectivity index (χ0v) is 8.53. The first kappa shape index (κ1) is 10.4. The number of hydrogen-bond acceptors (Lipinski definition) is 2. The number of pyridine rings is 1. The fourth-order valence-corrected chi connectivity index (χ4v) is 1.06. The minimum absolute atomic E-state index is 0.0195. The van der Waals surface area contributed by atoms with Crippen LogP contribution in [0.15, 0.2) is 31.0 Å². The maximum Gasteiger partial charge on any atom is 0.224 e. The van der Waals surface area contributed by atoms with Crippen molar-refractivity contribution in [1.29, 1.82) is 0 Å². The maximum atomic E-state index is 11.0. The van der Waals surface area contributed by atoms with Gasteiger partial charge >= 0.3 is 0 Å². The van der Waals surface area contributed by atoms with Crippen LogP contribution >= 0.6 is 0 Å². The number of aromatic nitrogens is 1. The lowest BCUT2D eigenvalue weighted by atomic mass is 10.2. The van der Waals surface area contributed by atoms with Crippen molar-refractivity contribution in [1.82, 2.24) is 4.98 Å². The Bertz CT molecular complexity index is 330. The van der Waals surface area contributed by atoms with Crippen molar-refractivity contribution in [3.63, 3.8) is 0 Å². The van der Waals surface area contributed by atoms with Gasteiger partial charge in [0.05, 0.1) is 0 Å². The number of amides is 1. The predicted octanol–water partition coefficient (Wildman–Crippen LogP) is 1.79. The summed E-state index contributed by atoms with van der Waals surface area (Å²) in [4.78, 5) is 16.7. The first-order valence-corrected chi connectivity index (χ1v) is 4.45. The molecule has 0 aliphatic rings. The predicted molar refractivity (Wildman–Crippen MR) is 57.2 cm³/mol. The number of nitrogens with zero attached hydrogens (tertiary/aromatic N) is 2. The molecule has 3 nitrogen and oxygen atoms in total. The number of anilines is 1. The highest BCUT2D eigenvalue weighted by atomic mass is 16.2. The molecule has 0 aliphatic carbocycles. The zero-order valence-electron chi connectivity index (χ0n) is 8.53. The van der Waals surface area contributed by atoms with Gasteiger partial charge in [-0.15, -0.1) is 6.58 Å². The summed E-state index contributed by atoms with van der Waals surface area (Å²) < 4.78 is 0. The molecule has 0 radical (unpaired) electrons. The average Bonchev–Trinajstić information content (AvgIpc) is 2.18. The smallest absolute Gasteiger partial charge is 0.224 e. The van der Waals surface area contributed by atoms with Gasteiger partial charge in [-0.3, -0.25) is 4.79 Å². The summed E-state index contributed by atoms with van der Waals surface area (Å²) in [5.74, 6) is 0.652. The Hall–Kier alpha value is -1.64. The van der Waals surface area contributed by atoms with Crippen molar-refractivity contribution >= 4 is 11.7 Å². The van der Waals surface area contributed by atoms with E-state index in [2.05, 4.69) is 11.6 Å². The van der Waals surface area contributed by atoms with E-state index in [0.29, 0.717) is 5.82 Å². The summed E-state index contributed by atoms with van der Waals surface area (Å²) in [5, 5.41) is 0. The molecule has 0 atom stereocenters. The van der Waals surface area contributed by atoms with Crippen molar-refractivity contribution in [3.8, 4) is 0 Å². The Morgan fingerprint density at radius 3 is 2.79 bits per heavy atom. The second kappa shape index (κ2) is 4.56. The van der Waals surface area contributed by atoms with E-state index < -0.39 is 0 Å². The van der Waals surface area contributed by atoms with Gasteiger partial charge in [0.15, 0.2) is 0 Å². The number of allylic oxidation sites excluding steroid dienone is 1. The van der Waals surface area contributed by atoms with Gasteiger partial charge < -0.3 is 4.90 Å². The average molecular weight is 190 g/mol. The molecule has 14 heavy (non-hydrogen) atoms. The molecule has 0 unspecified atom stereocenters. The van der Waals surface area contributed by atoms with Gasteiger partial charge in [0.1, 0.15) is 5.82 Å². The lowest BCUT2D eigenvalue weighted by molar-refractivity contribution is -0.116. The molecule has 0 N–H and O–H groups in total.